The van der Waals surface area contributed by atoms with Crippen LogP contribution in [0.2, 0.25) is 0 Å². The number of nitrogens with one attached hydrogen (secondary N) is 1. The first kappa shape index (κ1) is 20.7. The van der Waals surface area contributed by atoms with E-state index in [0.717, 1.165) is 34.4 Å². The van der Waals surface area contributed by atoms with Crippen LogP contribution in [-0.4, -0.2) is 23.0 Å². The molecule has 0 aliphatic heterocycles. The van der Waals surface area contributed by atoms with E-state index < -0.39 is 35.6 Å². The van der Waals surface area contributed by atoms with Crippen molar-refractivity contribution in [1.82, 2.24) is 5.32 Å². The molecule has 3 aromatic carbocycles. The fraction of sp³-hybridized carbons (Fsp3) is 0.167. The van der Waals surface area contributed by atoms with Crippen molar-refractivity contribution in [3.63, 3.8) is 0 Å². The van der Waals surface area contributed by atoms with Crippen LogP contribution in [0.15, 0.2) is 72.8 Å². The van der Waals surface area contributed by atoms with Crippen molar-refractivity contribution in [3.8, 4) is 11.1 Å². The van der Waals surface area contributed by atoms with Gasteiger partial charge in [0.25, 0.3) is 0 Å². The zero-order valence-corrected chi connectivity index (χ0v) is 16.2. The monoisotopic (exact) mass is 425 g/mol. The Morgan fingerprint density at radius 2 is 1.39 bits per heavy atom. The molecule has 31 heavy (non-hydrogen) atoms. The van der Waals surface area contributed by atoms with Crippen LogP contribution in [0.3, 0.4) is 0 Å². The summed E-state index contributed by atoms with van der Waals surface area (Å²) in [5.41, 5.74) is 3.02. The van der Waals surface area contributed by atoms with Crippen LogP contribution >= 0.6 is 0 Å². The molecular weight excluding hydrogens is 407 g/mol. The number of carbonyl (C=O) groups is 2. The molecule has 1 atom stereocenters. The topological polar surface area (TPSA) is 66.4 Å². The Balaban J connectivity index is 1.58. The molecule has 3 aromatic rings. The summed E-state index contributed by atoms with van der Waals surface area (Å²) in [6.45, 7) is 0. The second-order valence-corrected chi connectivity index (χ2v) is 7.41. The van der Waals surface area contributed by atoms with E-state index in [9.17, 15) is 27.9 Å². The lowest BCUT2D eigenvalue weighted by molar-refractivity contribution is -0.142. The van der Waals surface area contributed by atoms with Crippen LogP contribution in [-0.2, 0) is 22.2 Å². The van der Waals surface area contributed by atoms with Crippen LogP contribution in [0.1, 0.15) is 28.2 Å². The molecule has 2 N–H and O–H groups in total. The van der Waals surface area contributed by atoms with Crippen LogP contribution in [0.4, 0.5) is 13.2 Å². The maximum absolute atomic E-state index is 12.7. The highest BCUT2D eigenvalue weighted by Gasteiger charge is 2.38. The Labute approximate surface area is 176 Å². The number of carboxylic acid groups (broad SMARTS) is 1. The van der Waals surface area contributed by atoms with E-state index in [1.54, 1.807) is 0 Å². The maximum Gasteiger partial charge on any atom is 0.416 e. The van der Waals surface area contributed by atoms with Crippen molar-refractivity contribution in [2.45, 2.75) is 24.6 Å². The molecule has 0 aromatic heterocycles. The Kier molecular flexibility index (Phi) is 5.27. The molecule has 158 valence electrons. The van der Waals surface area contributed by atoms with Crippen LogP contribution in [0.25, 0.3) is 11.1 Å². The summed E-state index contributed by atoms with van der Waals surface area (Å²) in [6.07, 6.45) is -4.68. The Hall–Kier alpha value is -3.61. The number of carboxylic acids is 1. The number of fused-ring (bicyclic) bond motifs is 3. The minimum Gasteiger partial charge on any atom is -0.480 e. The highest BCUT2D eigenvalue weighted by molar-refractivity contribution is 5.89. The van der Waals surface area contributed by atoms with Gasteiger partial charge in [0.1, 0.15) is 6.04 Å². The number of alkyl halides is 3. The zero-order valence-electron chi connectivity index (χ0n) is 16.2. The molecule has 0 saturated heterocycles. The standard InChI is InChI=1S/C24H18F3NO3/c25-24(26,27)15-11-9-14(10-12-15)13-20(29)28-22(23(30)31)21-18-7-3-1-5-16(18)17-6-2-4-8-19(17)21/h1-12,21-22H,13H2,(H,28,29)(H,30,31)/t22-/m0/s1. The van der Waals surface area contributed by atoms with E-state index in [2.05, 4.69) is 5.32 Å². The minimum atomic E-state index is -4.46. The lowest BCUT2D eigenvalue weighted by atomic mass is 9.89. The van der Waals surface area contributed by atoms with Gasteiger partial charge in [-0.25, -0.2) is 4.79 Å². The number of benzene rings is 3. The average Bonchev–Trinajstić information content (AvgIpc) is 3.06. The normalized spacial score (nSPS) is 13.9. The van der Waals surface area contributed by atoms with Crippen molar-refractivity contribution in [2.24, 2.45) is 0 Å². The van der Waals surface area contributed by atoms with Gasteiger partial charge in [-0.2, -0.15) is 13.2 Å². The molecule has 4 nitrogen and oxygen atoms in total. The van der Waals surface area contributed by atoms with Crippen molar-refractivity contribution >= 4 is 11.9 Å². The minimum absolute atomic E-state index is 0.224. The smallest absolute Gasteiger partial charge is 0.416 e. The molecule has 7 heteroatoms. The first-order valence-corrected chi connectivity index (χ1v) is 9.62. The molecule has 0 spiro atoms. The predicted octanol–water partition coefficient (Wildman–Crippen LogP) is 4.63. The highest BCUT2D eigenvalue weighted by Crippen LogP contribution is 2.46. The van der Waals surface area contributed by atoms with Crippen LogP contribution in [0, 0.1) is 0 Å². The summed E-state index contributed by atoms with van der Waals surface area (Å²) in [5, 5.41) is 12.5. The summed E-state index contributed by atoms with van der Waals surface area (Å²) in [5.74, 6) is -2.33. The van der Waals surface area contributed by atoms with Crippen LogP contribution in [0.5, 0.6) is 0 Å². The van der Waals surface area contributed by atoms with E-state index >= 15 is 0 Å². The number of aliphatic carboxylic acids is 1. The van der Waals surface area contributed by atoms with Gasteiger partial charge in [-0.1, -0.05) is 60.7 Å². The quantitative estimate of drug-likeness (QED) is 0.627. The molecular formula is C24H18F3NO3. The van der Waals surface area contributed by atoms with Gasteiger partial charge in [0.05, 0.1) is 12.0 Å². The van der Waals surface area contributed by atoms with Crippen molar-refractivity contribution in [3.05, 3.63) is 95.1 Å². The van der Waals surface area contributed by atoms with Gasteiger partial charge in [0, 0.05) is 5.92 Å². The third-order valence-corrected chi connectivity index (χ3v) is 5.44. The number of rotatable bonds is 5. The first-order chi connectivity index (χ1) is 14.8. The number of amides is 1. The first-order valence-electron chi connectivity index (χ1n) is 9.62. The van der Waals surface area contributed by atoms with E-state index in [4.69, 9.17) is 0 Å². The summed E-state index contributed by atoms with van der Waals surface area (Å²) < 4.78 is 38.1. The average molecular weight is 425 g/mol. The molecule has 1 aliphatic rings. The molecule has 1 amide bonds. The summed E-state index contributed by atoms with van der Waals surface area (Å²) in [7, 11) is 0. The fourth-order valence-corrected chi connectivity index (χ4v) is 4.06. The maximum atomic E-state index is 12.7. The fourth-order valence-electron chi connectivity index (χ4n) is 4.06. The van der Waals surface area contributed by atoms with E-state index in [1.807, 2.05) is 48.5 Å². The Morgan fingerprint density at radius 1 is 0.871 bits per heavy atom. The molecule has 0 heterocycles. The summed E-state index contributed by atoms with van der Waals surface area (Å²) >= 11 is 0. The van der Waals surface area contributed by atoms with E-state index in [1.165, 1.54) is 12.1 Å². The largest absolute Gasteiger partial charge is 0.480 e. The van der Waals surface area contributed by atoms with Gasteiger partial charge in [-0.3, -0.25) is 4.79 Å². The second-order valence-electron chi connectivity index (χ2n) is 7.41. The van der Waals surface area contributed by atoms with Gasteiger partial charge < -0.3 is 10.4 Å². The zero-order chi connectivity index (χ0) is 22.2. The van der Waals surface area contributed by atoms with E-state index in [0.29, 0.717) is 5.56 Å². The van der Waals surface area contributed by atoms with Gasteiger partial charge in [-0.15, -0.1) is 0 Å². The van der Waals surface area contributed by atoms with Crippen molar-refractivity contribution in [2.75, 3.05) is 0 Å². The van der Waals surface area contributed by atoms with E-state index in [-0.39, 0.29) is 6.42 Å². The predicted molar refractivity (Wildman–Crippen MR) is 108 cm³/mol. The third-order valence-electron chi connectivity index (χ3n) is 5.44. The second kappa shape index (κ2) is 7.91. The molecule has 4 rings (SSSR count). The molecule has 0 fully saturated rings. The summed E-state index contributed by atoms with van der Waals surface area (Å²) in [6, 6.07) is 17.9. The van der Waals surface area contributed by atoms with Crippen molar-refractivity contribution in [1.29, 1.82) is 0 Å². The Morgan fingerprint density at radius 3 is 1.87 bits per heavy atom. The lowest BCUT2D eigenvalue weighted by Crippen LogP contribution is -2.45. The van der Waals surface area contributed by atoms with Gasteiger partial charge in [0.15, 0.2) is 0 Å². The number of hydrogen-bond acceptors (Lipinski definition) is 2. The molecule has 1 aliphatic carbocycles. The highest BCUT2D eigenvalue weighted by atomic mass is 19.4. The van der Waals surface area contributed by atoms with Gasteiger partial charge in [0.2, 0.25) is 5.91 Å². The summed E-state index contributed by atoms with van der Waals surface area (Å²) in [4.78, 5) is 24.7. The van der Waals surface area contributed by atoms with Crippen LogP contribution < -0.4 is 5.32 Å². The molecule has 0 radical (unpaired) electrons. The van der Waals surface area contributed by atoms with Crippen molar-refractivity contribution < 1.29 is 27.9 Å². The number of carbonyl (C=O) groups excluding carboxylic acids is 1. The number of halogens is 3. The lowest BCUT2D eigenvalue weighted by Gasteiger charge is -2.23. The van der Waals surface area contributed by atoms with Gasteiger partial charge >= 0.3 is 12.1 Å². The third kappa shape index (κ3) is 4.03. The Bertz CT molecular complexity index is 1090. The molecule has 0 saturated carbocycles. The van der Waals surface area contributed by atoms with Gasteiger partial charge in [-0.05, 0) is 39.9 Å². The number of hydrogen-bond donors (Lipinski definition) is 2. The molecule has 0 unspecified atom stereocenters. The SMILES string of the molecule is O=C(Cc1ccc(C(F)(F)F)cc1)N[C@H](C(=O)O)C1c2ccccc2-c2ccccc21. The molecule has 0 bridgehead atoms.